The molecule has 0 aliphatic carbocycles. The Bertz CT molecular complexity index is 545. The summed E-state index contributed by atoms with van der Waals surface area (Å²) in [5.74, 6) is 0. The number of rotatable bonds is 2. The zero-order chi connectivity index (χ0) is 11.5. The maximum absolute atomic E-state index is 11.5. The Balaban J connectivity index is 2.42. The highest BCUT2D eigenvalue weighted by molar-refractivity contribution is 6.31. The van der Waals surface area contributed by atoms with Gasteiger partial charge in [-0.25, -0.2) is 4.98 Å². The van der Waals surface area contributed by atoms with Crippen LogP contribution in [0.25, 0.3) is 0 Å². The second-order valence-electron chi connectivity index (χ2n) is 3.35. The van der Waals surface area contributed by atoms with E-state index >= 15 is 0 Å². The minimum absolute atomic E-state index is 0.130. The molecule has 0 atom stereocenters. The quantitative estimate of drug-likeness (QED) is 0.803. The van der Waals surface area contributed by atoms with Crippen molar-refractivity contribution in [1.29, 1.82) is 0 Å². The highest BCUT2D eigenvalue weighted by Crippen LogP contribution is 2.22. The molecule has 2 N–H and O–H groups in total. The van der Waals surface area contributed by atoms with Gasteiger partial charge in [0.05, 0.1) is 12.9 Å². The molecule has 16 heavy (non-hydrogen) atoms. The van der Waals surface area contributed by atoms with Gasteiger partial charge in [0.15, 0.2) is 0 Å². The Morgan fingerprint density at radius 3 is 2.88 bits per heavy atom. The predicted octanol–water partition coefficient (Wildman–Crippen LogP) is 1.53. The molecule has 0 saturated carbocycles. The van der Waals surface area contributed by atoms with Gasteiger partial charge in [0.1, 0.15) is 0 Å². The van der Waals surface area contributed by atoms with Gasteiger partial charge in [-0.15, -0.1) is 0 Å². The first-order valence-electron chi connectivity index (χ1n) is 4.72. The fourth-order valence-corrected chi connectivity index (χ4v) is 1.65. The Labute approximate surface area is 97.3 Å². The molecule has 0 fully saturated rings. The van der Waals surface area contributed by atoms with Gasteiger partial charge in [0, 0.05) is 28.5 Å². The maximum atomic E-state index is 11.5. The van der Waals surface area contributed by atoms with Crippen molar-refractivity contribution < 1.29 is 0 Å². The number of nitrogens with zero attached hydrogens (tertiary/aromatic N) is 2. The molecule has 1 heterocycles. The third-order valence-electron chi connectivity index (χ3n) is 2.28. The summed E-state index contributed by atoms with van der Waals surface area (Å²) in [4.78, 5) is 15.4. The molecular formula is C11H10ClN3O. The van der Waals surface area contributed by atoms with Crippen LogP contribution in [0.2, 0.25) is 5.02 Å². The molecule has 1 aromatic heterocycles. The van der Waals surface area contributed by atoms with E-state index < -0.39 is 0 Å². The molecule has 0 radical (unpaired) electrons. The summed E-state index contributed by atoms with van der Waals surface area (Å²) < 4.78 is 1.46. The Morgan fingerprint density at radius 1 is 1.38 bits per heavy atom. The zero-order valence-corrected chi connectivity index (χ0v) is 9.19. The second kappa shape index (κ2) is 4.37. The Kier molecular flexibility index (Phi) is 2.92. The smallest absolute Gasteiger partial charge is 0.253 e. The summed E-state index contributed by atoms with van der Waals surface area (Å²) in [6, 6.07) is 6.66. The van der Waals surface area contributed by atoms with Gasteiger partial charge in [0.25, 0.3) is 5.56 Å². The summed E-state index contributed by atoms with van der Waals surface area (Å²) >= 11 is 6.02. The van der Waals surface area contributed by atoms with E-state index in [1.807, 2.05) is 0 Å². The van der Waals surface area contributed by atoms with E-state index in [4.69, 9.17) is 17.3 Å². The molecule has 82 valence electrons. The van der Waals surface area contributed by atoms with Crippen LogP contribution in [0, 0.1) is 0 Å². The Morgan fingerprint density at radius 2 is 2.19 bits per heavy atom. The van der Waals surface area contributed by atoms with Gasteiger partial charge in [-0.05, 0) is 12.1 Å². The lowest BCUT2D eigenvalue weighted by Crippen LogP contribution is -2.20. The van der Waals surface area contributed by atoms with Crippen molar-refractivity contribution in [3.8, 4) is 0 Å². The molecule has 0 spiro atoms. The standard InChI is InChI=1S/C11H10ClN3O/c12-9-2-1-3-10(13)8(9)6-15-7-14-5-4-11(15)16/h1-5,7H,6,13H2. The van der Waals surface area contributed by atoms with Crippen LogP contribution in [0.5, 0.6) is 0 Å². The number of hydrogen-bond donors (Lipinski definition) is 1. The van der Waals surface area contributed by atoms with Crippen molar-refractivity contribution in [1.82, 2.24) is 9.55 Å². The predicted molar refractivity (Wildman–Crippen MR) is 63.5 cm³/mol. The number of anilines is 1. The van der Waals surface area contributed by atoms with Crippen molar-refractivity contribution in [2.24, 2.45) is 0 Å². The molecule has 2 rings (SSSR count). The van der Waals surface area contributed by atoms with Gasteiger partial charge in [-0.3, -0.25) is 9.36 Å². The first kappa shape index (κ1) is 10.7. The van der Waals surface area contributed by atoms with E-state index in [0.717, 1.165) is 5.56 Å². The lowest BCUT2D eigenvalue weighted by molar-refractivity contribution is 0.737. The molecule has 2 aromatic rings. The van der Waals surface area contributed by atoms with E-state index in [1.165, 1.54) is 23.2 Å². The summed E-state index contributed by atoms with van der Waals surface area (Å²) in [6.45, 7) is 0.332. The van der Waals surface area contributed by atoms with Gasteiger partial charge >= 0.3 is 0 Å². The molecule has 0 saturated heterocycles. The van der Waals surface area contributed by atoms with Crippen LogP contribution in [0.1, 0.15) is 5.56 Å². The third kappa shape index (κ3) is 2.06. The average molecular weight is 236 g/mol. The number of hydrogen-bond acceptors (Lipinski definition) is 3. The van der Waals surface area contributed by atoms with Gasteiger partial charge < -0.3 is 5.73 Å². The SMILES string of the molecule is Nc1cccc(Cl)c1Cn1cnccc1=O. The van der Waals surface area contributed by atoms with Crippen LogP contribution in [-0.4, -0.2) is 9.55 Å². The Hall–Kier alpha value is -1.81. The fraction of sp³-hybridized carbons (Fsp3) is 0.0909. The molecule has 0 aliphatic rings. The number of halogens is 1. The monoisotopic (exact) mass is 235 g/mol. The number of benzene rings is 1. The van der Waals surface area contributed by atoms with Crippen LogP contribution in [0.4, 0.5) is 5.69 Å². The van der Waals surface area contributed by atoms with E-state index in [-0.39, 0.29) is 5.56 Å². The van der Waals surface area contributed by atoms with Crippen LogP contribution >= 0.6 is 11.6 Å². The molecule has 4 nitrogen and oxygen atoms in total. The first-order chi connectivity index (χ1) is 7.68. The zero-order valence-electron chi connectivity index (χ0n) is 8.43. The first-order valence-corrected chi connectivity index (χ1v) is 5.09. The third-order valence-corrected chi connectivity index (χ3v) is 2.63. The molecular weight excluding hydrogens is 226 g/mol. The molecule has 1 aromatic carbocycles. The molecule has 0 unspecified atom stereocenters. The van der Waals surface area contributed by atoms with E-state index in [0.29, 0.717) is 17.3 Å². The summed E-state index contributed by atoms with van der Waals surface area (Å²) in [5.41, 5.74) is 6.98. The van der Waals surface area contributed by atoms with Crippen molar-refractivity contribution in [2.45, 2.75) is 6.54 Å². The molecule has 5 heteroatoms. The minimum Gasteiger partial charge on any atom is -0.398 e. The van der Waals surface area contributed by atoms with Crippen molar-refractivity contribution in [3.63, 3.8) is 0 Å². The van der Waals surface area contributed by atoms with Crippen molar-refractivity contribution in [3.05, 3.63) is 57.7 Å². The molecule has 0 bridgehead atoms. The van der Waals surface area contributed by atoms with E-state index in [9.17, 15) is 4.79 Å². The number of nitrogen functional groups attached to an aromatic ring is 1. The minimum atomic E-state index is -0.130. The van der Waals surface area contributed by atoms with E-state index in [2.05, 4.69) is 4.98 Å². The molecule has 0 aliphatic heterocycles. The normalized spacial score (nSPS) is 10.3. The van der Waals surface area contributed by atoms with Gasteiger partial charge in [-0.1, -0.05) is 17.7 Å². The summed E-state index contributed by atoms with van der Waals surface area (Å²) in [5, 5.41) is 0.552. The van der Waals surface area contributed by atoms with E-state index in [1.54, 1.807) is 18.2 Å². The van der Waals surface area contributed by atoms with Gasteiger partial charge in [-0.2, -0.15) is 0 Å². The lowest BCUT2D eigenvalue weighted by Gasteiger charge is -2.09. The second-order valence-corrected chi connectivity index (χ2v) is 3.76. The largest absolute Gasteiger partial charge is 0.398 e. The number of aromatic nitrogens is 2. The highest BCUT2D eigenvalue weighted by Gasteiger charge is 2.05. The average Bonchev–Trinajstić information content (AvgIpc) is 2.26. The lowest BCUT2D eigenvalue weighted by atomic mass is 10.2. The molecule has 0 amide bonds. The summed E-state index contributed by atoms with van der Waals surface area (Å²) in [7, 11) is 0. The topological polar surface area (TPSA) is 60.9 Å². The van der Waals surface area contributed by atoms with Crippen LogP contribution in [0.3, 0.4) is 0 Å². The number of nitrogens with two attached hydrogens (primary N) is 1. The van der Waals surface area contributed by atoms with Crippen LogP contribution in [0.15, 0.2) is 41.6 Å². The summed E-state index contributed by atoms with van der Waals surface area (Å²) in [6.07, 6.45) is 2.92. The van der Waals surface area contributed by atoms with Crippen LogP contribution in [-0.2, 0) is 6.54 Å². The highest BCUT2D eigenvalue weighted by atomic mass is 35.5. The maximum Gasteiger partial charge on any atom is 0.253 e. The fourth-order valence-electron chi connectivity index (χ4n) is 1.41. The van der Waals surface area contributed by atoms with Crippen molar-refractivity contribution in [2.75, 3.05) is 5.73 Å². The van der Waals surface area contributed by atoms with Gasteiger partial charge in [0.2, 0.25) is 0 Å². The van der Waals surface area contributed by atoms with Crippen molar-refractivity contribution >= 4 is 17.3 Å². The van der Waals surface area contributed by atoms with Crippen LogP contribution < -0.4 is 11.3 Å².